The van der Waals surface area contributed by atoms with Crippen molar-refractivity contribution in [2.75, 3.05) is 10.2 Å². The second-order valence-corrected chi connectivity index (χ2v) is 6.02. The minimum absolute atomic E-state index is 0.171. The Morgan fingerprint density at radius 2 is 2.00 bits per heavy atom. The largest absolute Gasteiger partial charge is 0.433 e. The number of benzene rings is 1. The highest BCUT2D eigenvalue weighted by Crippen LogP contribution is 2.29. The average molecular weight is 401 g/mol. The molecule has 148 valence electrons. The van der Waals surface area contributed by atoms with Gasteiger partial charge in [-0.3, -0.25) is 9.88 Å². The number of pyridine rings is 1. The van der Waals surface area contributed by atoms with Gasteiger partial charge in [-0.05, 0) is 48.9 Å². The number of nitrogens with one attached hydrogen (secondary N) is 1. The van der Waals surface area contributed by atoms with Gasteiger partial charge in [0.2, 0.25) is 0 Å². The number of alkyl halides is 3. The molecule has 3 aromatic rings. The van der Waals surface area contributed by atoms with Crippen LogP contribution in [0.5, 0.6) is 0 Å². The Hall–Kier alpha value is -3.87. The zero-order valence-corrected chi connectivity index (χ0v) is 15.1. The molecule has 3 rings (SSSR count). The first-order valence-corrected chi connectivity index (χ1v) is 8.30. The van der Waals surface area contributed by atoms with Gasteiger partial charge >= 0.3 is 12.2 Å². The summed E-state index contributed by atoms with van der Waals surface area (Å²) < 4.78 is 43.8. The van der Waals surface area contributed by atoms with Gasteiger partial charge < -0.3 is 9.84 Å². The van der Waals surface area contributed by atoms with Crippen LogP contribution < -0.4 is 10.2 Å². The van der Waals surface area contributed by atoms with E-state index < -0.39 is 17.9 Å². The molecule has 0 atom stereocenters. The molecule has 0 aliphatic heterocycles. The lowest BCUT2D eigenvalue weighted by molar-refractivity contribution is -0.141. The number of nitrogens with zero attached hydrogens (tertiary/aromatic N) is 4. The fourth-order valence-corrected chi connectivity index (χ4v) is 2.55. The zero-order chi connectivity index (χ0) is 21.0. The molecule has 0 aliphatic rings. The van der Waals surface area contributed by atoms with Gasteiger partial charge in [-0.25, -0.2) is 4.79 Å². The Morgan fingerprint density at radius 1 is 1.28 bits per heavy atom. The smallest absolute Gasteiger partial charge is 0.359 e. The normalized spacial score (nSPS) is 11.0. The molecule has 0 fully saturated rings. The summed E-state index contributed by atoms with van der Waals surface area (Å²) in [4.78, 5) is 17.4. The summed E-state index contributed by atoms with van der Waals surface area (Å²) in [6, 6.07) is 9.78. The van der Waals surface area contributed by atoms with Crippen molar-refractivity contribution >= 4 is 17.4 Å². The van der Waals surface area contributed by atoms with Crippen LogP contribution in [0.2, 0.25) is 0 Å². The molecule has 7 nitrogen and oxygen atoms in total. The van der Waals surface area contributed by atoms with Crippen molar-refractivity contribution in [2.45, 2.75) is 19.6 Å². The third-order valence-corrected chi connectivity index (χ3v) is 3.98. The molecule has 0 spiro atoms. The average Bonchev–Trinajstić information content (AvgIpc) is 3.12. The van der Waals surface area contributed by atoms with Gasteiger partial charge in [-0.2, -0.15) is 18.4 Å². The summed E-state index contributed by atoms with van der Waals surface area (Å²) in [6.45, 7) is 1.41. The van der Waals surface area contributed by atoms with Crippen LogP contribution in [-0.4, -0.2) is 16.2 Å². The number of carbonyl (C=O) groups excluding carboxylic acids is 1. The van der Waals surface area contributed by atoms with E-state index in [1.54, 1.807) is 19.1 Å². The molecule has 2 aromatic heterocycles. The maximum atomic E-state index is 12.9. The van der Waals surface area contributed by atoms with Crippen LogP contribution in [0.4, 0.5) is 29.3 Å². The lowest BCUT2D eigenvalue weighted by Gasteiger charge is -2.22. The van der Waals surface area contributed by atoms with Gasteiger partial charge in [0.15, 0.2) is 5.76 Å². The molecular formula is C19H14F3N5O2. The first-order valence-electron chi connectivity index (χ1n) is 8.30. The van der Waals surface area contributed by atoms with Crippen molar-refractivity contribution in [3.05, 3.63) is 71.4 Å². The second kappa shape index (κ2) is 8.02. The van der Waals surface area contributed by atoms with Crippen LogP contribution in [0.3, 0.4) is 0 Å². The number of anilines is 2. The molecule has 2 heterocycles. The third kappa shape index (κ3) is 4.70. The molecular weight excluding hydrogens is 387 g/mol. The summed E-state index contributed by atoms with van der Waals surface area (Å²) in [5.41, 5.74) is 0.318. The second-order valence-electron chi connectivity index (χ2n) is 6.02. The van der Waals surface area contributed by atoms with E-state index in [0.717, 1.165) is 12.3 Å². The molecule has 2 amide bonds. The molecule has 0 radical (unpaired) electrons. The van der Waals surface area contributed by atoms with E-state index in [2.05, 4.69) is 15.5 Å². The van der Waals surface area contributed by atoms with Gasteiger partial charge in [-0.15, -0.1) is 0 Å². The lowest BCUT2D eigenvalue weighted by Crippen LogP contribution is -2.34. The predicted molar refractivity (Wildman–Crippen MR) is 96.8 cm³/mol. The highest BCUT2D eigenvalue weighted by Gasteiger charge is 2.32. The predicted octanol–water partition coefficient (Wildman–Crippen LogP) is 4.51. The summed E-state index contributed by atoms with van der Waals surface area (Å²) in [5, 5.41) is 15.1. The maximum absolute atomic E-state index is 12.9. The zero-order valence-electron chi connectivity index (χ0n) is 15.1. The maximum Gasteiger partial charge on any atom is 0.433 e. The monoisotopic (exact) mass is 401 g/mol. The number of halogens is 3. The molecule has 1 aromatic carbocycles. The molecule has 0 saturated carbocycles. The van der Waals surface area contributed by atoms with E-state index >= 15 is 0 Å². The highest BCUT2D eigenvalue weighted by molar-refractivity contribution is 6.01. The van der Waals surface area contributed by atoms with Gasteiger partial charge in [0, 0.05) is 11.9 Å². The number of amides is 2. The van der Waals surface area contributed by atoms with Gasteiger partial charge in [0.25, 0.3) is 0 Å². The topological polar surface area (TPSA) is 95.1 Å². The van der Waals surface area contributed by atoms with Crippen LogP contribution in [0.25, 0.3) is 0 Å². The standard InChI is InChI=1S/C19H14F3N5O2/c1-12-16(10-25-29-12)27(11-14-6-7-24-17(8-14)19(20,21)22)18(28)26-15-4-2-13(9-23)3-5-15/h2-8,10H,11H2,1H3,(H,26,28). The minimum atomic E-state index is -4.60. The Balaban J connectivity index is 1.88. The summed E-state index contributed by atoms with van der Waals surface area (Å²) in [5.74, 6) is 0.324. The quantitative estimate of drug-likeness (QED) is 0.694. The van der Waals surface area contributed by atoms with Crippen molar-refractivity contribution < 1.29 is 22.5 Å². The van der Waals surface area contributed by atoms with Crippen LogP contribution in [0.15, 0.2) is 53.3 Å². The summed E-state index contributed by atoms with van der Waals surface area (Å²) in [7, 11) is 0. The molecule has 29 heavy (non-hydrogen) atoms. The van der Waals surface area contributed by atoms with Crippen molar-refractivity contribution in [1.29, 1.82) is 5.26 Å². The number of aromatic nitrogens is 2. The van der Waals surface area contributed by atoms with Gasteiger partial charge in [-0.1, -0.05) is 5.16 Å². The molecule has 0 saturated heterocycles. The Kier molecular flexibility index (Phi) is 5.50. The van der Waals surface area contributed by atoms with Gasteiger partial charge in [0.05, 0.1) is 24.4 Å². The first kappa shape index (κ1) is 19.9. The van der Waals surface area contributed by atoms with Crippen LogP contribution in [-0.2, 0) is 12.7 Å². The number of aryl methyl sites for hydroxylation is 1. The Morgan fingerprint density at radius 3 is 2.59 bits per heavy atom. The fourth-order valence-electron chi connectivity index (χ4n) is 2.55. The molecule has 0 bridgehead atoms. The number of hydrogen-bond acceptors (Lipinski definition) is 5. The van der Waals surface area contributed by atoms with E-state index in [9.17, 15) is 18.0 Å². The number of urea groups is 1. The van der Waals surface area contributed by atoms with Crippen LogP contribution in [0.1, 0.15) is 22.6 Å². The van der Waals surface area contributed by atoms with Crippen molar-refractivity contribution in [1.82, 2.24) is 10.1 Å². The first-order chi connectivity index (χ1) is 13.8. The number of nitriles is 1. The van der Waals surface area contributed by atoms with Crippen molar-refractivity contribution in [3.63, 3.8) is 0 Å². The summed E-state index contributed by atoms with van der Waals surface area (Å²) >= 11 is 0. The Bertz CT molecular complexity index is 1050. The third-order valence-electron chi connectivity index (χ3n) is 3.98. The highest BCUT2D eigenvalue weighted by atomic mass is 19.4. The van der Waals surface area contributed by atoms with E-state index in [4.69, 9.17) is 9.78 Å². The SMILES string of the molecule is Cc1oncc1N(Cc1ccnc(C(F)(F)F)c1)C(=O)Nc1ccc(C#N)cc1. The van der Waals surface area contributed by atoms with Crippen molar-refractivity contribution in [2.24, 2.45) is 0 Å². The molecule has 0 unspecified atom stereocenters. The fraction of sp³-hybridized carbons (Fsp3) is 0.158. The number of carbonyl (C=O) groups is 1. The molecule has 0 aliphatic carbocycles. The van der Waals surface area contributed by atoms with E-state index in [1.165, 1.54) is 29.3 Å². The molecule has 10 heteroatoms. The van der Waals surface area contributed by atoms with E-state index in [0.29, 0.717) is 22.7 Å². The van der Waals surface area contributed by atoms with Crippen LogP contribution >= 0.6 is 0 Å². The lowest BCUT2D eigenvalue weighted by atomic mass is 10.2. The molecule has 1 N–H and O–H groups in total. The number of rotatable bonds is 4. The van der Waals surface area contributed by atoms with E-state index in [-0.39, 0.29) is 12.1 Å². The van der Waals surface area contributed by atoms with E-state index in [1.807, 2.05) is 6.07 Å². The Labute approximate surface area is 163 Å². The van der Waals surface area contributed by atoms with Gasteiger partial charge in [0.1, 0.15) is 11.4 Å². The minimum Gasteiger partial charge on any atom is -0.359 e. The van der Waals surface area contributed by atoms with Crippen molar-refractivity contribution in [3.8, 4) is 6.07 Å². The number of hydrogen-bond donors (Lipinski definition) is 1. The summed E-state index contributed by atoms with van der Waals surface area (Å²) in [6.07, 6.45) is -2.26. The van der Waals surface area contributed by atoms with Crippen LogP contribution in [0, 0.1) is 18.3 Å².